The summed E-state index contributed by atoms with van der Waals surface area (Å²) in [6.45, 7) is 2.45. The molecule has 2 aromatic carbocycles. The zero-order chi connectivity index (χ0) is 23.9. The van der Waals surface area contributed by atoms with E-state index in [4.69, 9.17) is 0 Å². The average Bonchev–Trinajstić information content (AvgIpc) is 3.48. The highest BCUT2D eigenvalue weighted by Crippen LogP contribution is 2.26. The molecule has 0 spiro atoms. The van der Waals surface area contributed by atoms with E-state index in [1.165, 1.54) is 28.3 Å². The Morgan fingerprint density at radius 1 is 1.15 bits per heavy atom. The molecular formula is C24H23N5O3S2. The molecule has 0 saturated carbocycles. The molecule has 8 nitrogen and oxygen atoms in total. The number of rotatable bonds is 10. The number of carbonyl (C=O) groups excluding carboxylic acids is 1. The topological polar surface area (TPSA) is 103 Å². The van der Waals surface area contributed by atoms with Crippen molar-refractivity contribution in [2.45, 2.75) is 31.5 Å². The Morgan fingerprint density at radius 2 is 1.97 bits per heavy atom. The first-order chi connectivity index (χ1) is 16.5. The minimum atomic E-state index is -0.493. The lowest BCUT2D eigenvalue weighted by Crippen LogP contribution is -2.16. The van der Waals surface area contributed by atoms with Gasteiger partial charge in [0.15, 0.2) is 5.16 Å². The molecule has 2 heterocycles. The Kier molecular flexibility index (Phi) is 7.71. The molecule has 4 rings (SSSR count). The largest absolute Gasteiger partial charge is 0.320 e. The molecule has 0 aliphatic rings. The van der Waals surface area contributed by atoms with Crippen LogP contribution < -0.4 is 5.32 Å². The van der Waals surface area contributed by atoms with Gasteiger partial charge in [-0.2, -0.15) is 0 Å². The molecule has 1 N–H and O–H groups in total. The highest BCUT2D eigenvalue weighted by atomic mass is 32.2. The van der Waals surface area contributed by atoms with Gasteiger partial charge in [-0.15, -0.1) is 21.5 Å². The summed E-state index contributed by atoms with van der Waals surface area (Å²) in [7, 11) is 0. The smallest absolute Gasteiger partial charge is 0.293 e. The van der Waals surface area contributed by atoms with Crippen molar-refractivity contribution in [1.29, 1.82) is 0 Å². The van der Waals surface area contributed by atoms with E-state index in [0.717, 1.165) is 17.8 Å². The Balaban J connectivity index is 1.47. The first-order valence-electron chi connectivity index (χ1n) is 10.7. The highest BCUT2D eigenvalue weighted by Gasteiger charge is 2.18. The van der Waals surface area contributed by atoms with Gasteiger partial charge >= 0.3 is 0 Å². The molecular weight excluding hydrogens is 470 g/mol. The fourth-order valence-corrected chi connectivity index (χ4v) is 4.94. The number of hydrogen-bond acceptors (Lipinski definition) is 7. The van der Waals surface area contributed by atoms with Crippen LogP contribution in [-0.4, -0.2) is 31.3 Å². The van der Waals surface area contributed by atoms with Gasteiger partial charge < -0.3 is 9.88 Å². The van der Waals surface area contributed by atoms with Crippen LogP contribution in [0.4, 0.5) is 11.4 Å². The monoisotopic (exact) mass is 493 g/mol. The third-order valence-corrected chi connectivity index (χ3v) is 6.97. The van der Waals surface area contributed by atoms with Gasteiger partial charge in [0.25, 0.3) is 5.69 Å². The molecule has 0 bridgehead atoms. The molecule has 4 aromatic rings. The van der Waals surface area contributed by atoms with Crippen molar-refractivity contribution in [2.24, 2.45) is 0 Å². The van der Waals surface area contributed by atoms with E-state index in [9.17, 15) is 14.9 Å². The zero-order valence-corrected chi connectivity index (χ0v) is 20.1. The van der Waals surface area contributed by atoms with Crippen LogP contribution in [0.2, 0.25) is 0 Å². The van der Waals surface area contributed by atoms with Crippen LogP contribution in [0.5, 0.6) is 0 Å². The zero-order valence-electron chi connectivity index (χ0n) is 18.5. The summed E-state index contributed by atoms with van der Waals surface area (Å²) in [5, 5.41) is 25.4. The molecule has 0 saturated heterocycles. The number of amides is 1. The Labute approximate surface area is 205 Å². The lowest BCUT2D eigenvalue weighted by molar-refractivity contribution is -0.384. The molecule has 1 amide bonds. The van der Waals surface area contributed by atoms with Gasteiger partial charge in [0.05, 0.1) is 10.7 Å². The fraction of sp³-hybridized carbons (Fsp3) is 0.208. The predicted octanol–water partition coefficient (Wildman–Crippen LogP) is 5.12. The van der Waals surface area contributed by atoms with Crippen molar-refractivity contribution in [3.05, 3.63) is 98.0 Å². The predicted molar refractivity (Wildman–Crippen MR) is 134 cm³/mol. The summed E-state index contributed by atoms with van der Waals surface area (Å²) < 4.78 is 2.05. The van der Waals surface area contributed by atoms with Crippen molar-refractivity contribution in [1.82, 2.24) is 14.8 Å². The first kappa shape index (κ1) is 23.7. The SMILES string of the molecule is Cc1ccc(NC(=O)CSc2nnc(Cc3cccs3)n2CCc2ccccc2)c([N+](=O)[O-])c1. The Bertz CT molecular complexity index is 1270. The maximum Gasteiger partial charge on any atom is 0.293 e. The number of nitro groups is 1. The third-order valence-electron chi connectivity index (χ3n) is 5.13. The average molecular weight is 494 g/mol. The van der Waals surface area contributed by atoms with Crippen molar-refractivity contribution in [3.8, 4) is 0 Å². The fourth-order valence-electron chi connectivity index (χ4n) is 3.45. The van der Waals surface area contributed by atoms with Crippen LogP contribution in [0.1, 0.15) is 21.8 Å². The molecule has 0 aliphatic carbocycles. The van der Waals surface area contributed by atoms with E-state index in [1.54, 1.807) is 30.4 Å². The second-order valence-corrected chi connectivity index (χ2v) is 9.63. The summed E-state index contributed by atoms with van der Waals surface area (Å²) in [6, 6.07) is 19.0. The molecule has 10 heteroatoms. The number of aromatic nitrogens is 3. The molecule has 0 fully saturated rings. The van der Waals surface area contributed by atoms with Gasteiger partial charge in [0.2, 0.25) is 5.91 Å². The number of thiophene rings is 1. The quantitative estimate of drug-likeness (QED) is 0.187. The maximum absolute atomic E-state index is 12.6. The number of nitrogens with one attached hydrogen (secondary N) is 1. The standard InChI is InChI=1S/C24H23N5O3S2/c1-17-9-10-20(21(14-17)29(31)32)25-23(30)16-34-24-27-26-22(15-19-8-5-13-33-19)28(24)12-11-18-6-3-2-4-7-18/h2-10,13-14H,11-12,15-16H2,1H3,(H,25,30). The number of carbonyl (C=O) groups is 1. The number of hydrogen-bond donors (Lipinski definition) is 1. The number of benzene rings is 2. The minimum absolute atomic E-state index is 0.0630. The van der Waals surface area contributed by atoms with E-state index < -0.39 is 4.92 Å². The summed E-state index contributed by atoms with van der Waals surface area (Å²) in [5.41, 5.74) is 2.02. The van der Waals surface area contributed by atoms with Crippen LogP contribution in [0.25, 0.3) is 0 Å². The van der Waals surface area contributed by atoms with Crippen molar-refractivity contribution in [2.75, 3.05) is 11.1 Å². The Hall–Kier alpha value is -3.50. The van der Waals surface area contributed by atoms with Gasteiger partial charge in [-0.3, -0.25) is 14.9 Å². The van der Waals surface area contributed by atoms with Crippen LogP contribution in [0.3, 0.4) is 0 Å². The lowest BCUT2D eigenvalue weighted by atomic mass is 10.1. The molecule has 34 heavy (non-hydrogen) atoms. The van der Waals surface area contributed by atoms with Crippen molar-refractivity contribution in [3.63, 3.8) is 0 Å². The highest BCUT2D eigenvalue weighted by molar-refractivity contribution is 7.99. The molecule has 0 radical (unpaired) electrons. The van der Waals surface area contributed by atoms with E-state index in [2.05, 4.69) is 38.3 Å². The van der Waals surface area contributed by atoms with E-state index >= 15 is 0 Å². The second-order valence-electron chi connectivity index (χ2n) is 7.66. The van der Waals surface area contributed by atoms with Gasteiger partial charge in [-0.25, -0.2) is 0 Å². The number of thioether (sulfide) groups is 1. The summed E-state index contributed by atoms with van der Waals surface area (Å²) in [5.74, 6) is 0.567. The number of aryl methyl sites for hydroxylation is 2. The number of nitro benzene ring substituents is 1. The Morgan fingerprint density at radius 3 is 2.71 bits per heavy atom. The third kappa shape index (κ3) is 6.09. The van der Waals surface area contributed by atoms with Gasteiger partial charge in [0.1, 0.15) is 11.5 Å². The summed E-state index contributed by atoms with van der Waals surface area (Å²) >= 11 is 2.94. The van der Waals surface area contributed by atoms with Crippen LogP contribution in [0, 0.1) is 17.0 Å². The van der Waals surface area contributed by atoms with Crippen molar-refractivity contribution >= 4 is 40.4 Å². The van der Waals surface area contributed by atoms with Crippen LogP contribution in [-0.2, 0) is 24.2 Å². The van der Waals surface area contributed by atoms with E-state index in [-0.39, 0.29) is 23.0 Å². The number of nitrogens with zero attached hydrogens (tertiary/aromatic N) is 4. The number of anilines is 1. The van der Waals surface area contributed by atoms with E-state index in [0.29, 0.717) is 18.1 Å². The van der Waals surface area contributed by atoms with Gasteiger partial charge in [-0.1, -0.05) is 54.2 Å². The lowest BCUT2D eigenvalue weighted by Gasteiger charge is -2.10. The minimum Gasteiger partial charge on any atom is -0.320 e. The maximum atomic E-state index is 12.6. The molecule has 174 valence electrons. The van der Waals surface area contributed by atoms with Gasteiger partial charge in [-0.05, 0) is 42.0 Å². The first-order valence-corrected chi connectivity index (χ1v) is 12.5. The second kappa shape index (κ2) is 11.1. The van der Waals surface area contributed by atoms with Crippen molar-refractivity contribution < 1.29 is 9.72 Å². The van der Waals surface area contributed by atoms with Crippen LogP contribution in [0.15, 0.2) is 71.2 Å². The normalized spacial score (nSPS) is 10.9. The molecule has 0 unspecified atom stereocenters. The molecule has 0 atom stereocenters. The summed E-state index contributed by atoms with van der Waals surface area (Å²) in [4.78, 5) is 24.6. The van der Waals surface area contributed by atoms with E-state index in [1.807, 2.05) is 29.6 Å². The van der Waals surface area contributed by atoms with Crippen LogP contribution >= 0.6 is 23.1 Å². The van der Waals surface area contributed by atoms with Gasteiger partial charge in [0, 0.05) is 23.9 Å². The molecule has 2 aromatic heterocycles. The molecule has 0 aliphatic heterocycles. The summed E-state index contributed by atoms with van der Waals surface area (Å²) in [6.07, 6.45) is 1.48.